The van der Waals surface area contributed by atoms with Crippen LogP contribution in [0.4, 0.5) is 0 Å². The minimum absolute atomic E-state index is 0. The van der Waals surface area contributed by atoms with Crippen molar-refractivity contribution in [2.75, 3.05) is 19.6 Å². The first-order valence-corrected chi connectivity index (χ1v) is 6.34. The van der Waals surface area contributed by atoms with Crippen LogP contribution >= 0.6 is 24.0 Å². The summed E-state index contributed by atoms with van der Waals surface area (Å²) in [4.78, 5) is 6.24. The molecule has 1 aromatic rings. The van der Waals surface area contributed by atoms with Gasteiger partial charge in [0, 0.05) is 13.1 Å². The molecule has 1 atom stereocenters. The number of nitrogens with two attached hydrogens (primary N) is 1. The van der Waals surface area contributed by atoms with Crippen molar-refractivity contribution in [3.63, 3.8) is 0 Å². The molecule has 108 valence electrons. The molecule has 0 amide bonds. The molecule has 4 nitrogen and oxygen atoms in total. The van der Waals surface area contributed by atoms with E-state index in [-0.39, 0.29) is 30.5 Å². The molecule has 1 aromatic carbocycles. The highest BCUT2D eigenvalue weighted by atomic mass is 127. The average Bonchev–Trinajstić information content (AvgIpc) is 2.39. The SMILES string of the molecule is CCN(CC)C(N)=NCC(C)(O)c1ccccc1.I. The summed E-state index contributed by atoms with van der Waals surface area (Å²) < 4.78 is 0. The highest BCUT2D eigenvalue weighted by Gasteiger charge is 2.22. The van der Waals surface area contributed by atoms with Crippen LogP contribution < -0.4 is 5.73 Å². The number of rotatable bonds is 5. The first-order valence-electron chi connectivity index (χ1n) is 6.34. The maximum absolute atomic E-state index is 10.4. The van der Waals surface area contributed by atoms with E-state index in [1.807, 2.05) is 49.1 Å². The van der Waals surface area contributed by atoms with Gasteiger partial charge in [0.2, 0.25) is 0 Å². The van der Waals surface area contributed by atoms with Crippen LogP contribution in [0.15, 0.2) is 35.3 Å². The lowest BCUT2D eigenvalue weighted by Gasteiger charge is -2.24. The summed E-state index contributed by atoms with van der Waals surface area (Å²) in [6.45, 7) is 7.71. The van der Waals surface area contributed by atoms with Crippen molar-refractivity contribution in [2.24, 2.45) is 10.7 Å². The van der Waals surface area contributed by atoms with Crippen molar-refractivity contribution < 1.29 is 5.11 Å². The number of hydrogen-bond donors (Lipinski definition) is 2. The fraction of sp³-hybridized carbons (Fsp3) is 0.500. The fourth-order valence-electron chi connectivity index (χ4n) is 1.77. The Labute approximate surface area is 132 Å². The molecule has 0 bridgehead atoms. The molecule has 0 aliphatic rings. The summed E-state index contributed by atoms with van der Waals surface area (Å²) in [5.74, 6) is 0.483. The van der Waals surface area contributed by atoms with Gasteiger partial charge in [0.05, 0.1) is 6.54 Å². The van der Waals surface area contributed by atoms with E-state index >= 15 is 0 Å². The third-order valence-corrected chi connectivity index (χ3v) is 3.03. The second-order valence-electron chi connectivity index (χ2n) is 4.49. The van der Waals surface area contributed by atoms with Gasteiger partial charge >= 0.3 is 0 Å². The first-order chi connectivity index (χ1) is 8.51. The zero-order valence-electron chi connectivity index (χ0n) is 11.8. The lowest BCUT2D eigenvalue weighted by molar-refractivity contribution is 0.0671. The number of benzene rings is 1. The topological polar surface area (TPSA) is 61.8 Å². The average molecular weight is 377 g/mol. The minimum Gasteiger partial charge on any atom is -0.384 e. The Hall–Kier alpha value is -0.820. The van der Waals surface area contributed by atoms with Crippen LogP contribution in [0, 0.1) is 0 Å². The fourth-order valence-corrected chi connectivity index (χ4v) is 1.77. The number of aliphatic imine (C=N–C) groups is 1. The summed E-state index contributed by atoms with van der Waals surface area (Å²) in [6.07, 6.45) is 0. The summed E-state index contributed by atoms with van der Waals surface area (Å²) in [5.41, 5.74) is 5.75. The molecule has 0 aliphatic heterocycles. The van der Waals surface area contributed by atoms with E-state index in [1.54, 1.807) is 6.92 Å². The molecular weight excluding hydrogens is 353 g/mol. The molecule has 0 heterocycles. The van der Waals surface area contributed by atoms with Gasteiger partial charge in [-0.1, -0.05) is 30.3 Å². The number of hydrogen-bond acceptors (Lipinski definition) is 2. The first kappa shape index (κ1) is 18.2. The van der Waals surface area contributed by atoms with Crippen molar-refractivity contribution in [1.82, 2.24) is 4.90 Å². The smallest absolute Gasteiger partial charge is 0.191 e. The Balaban J connectivity index is 0.00000324. The van der Waals surface area contributed by atoms with Gasteiger partial charge in [-0.05, 0) is 26.3 Å². The molecule has 0 saturated carbocycles. The number of halogens is 1. The molecule has 1 rings (SSSR count). The highest BCUT2D eigenvalue weighted by Crippen LogP contribution is 2.20. The normalized spacial score (nSPS) is 14.4. The zero-order chi connectivity index (χ0) is 13.6. The Morgan fingerprint density at radius 3 is 2.26 bits per heavy atom. The number of aliphatic hydroxyl groups is 1. The van der Waals surface area contributed by atoms with Crippen molar-refractivity contribution in [3.8, 4) is 0 Å². The molecule has 5 heteroatoms. The van der Waals surface area contributed by atoms with Crippen LogP contribution in [0.3, 0.4) is 0 Å². The van der Waals surface area contributed by atoms with E-state index in [0.717, 1.165) is 18.7 Å². The molecular formula is C14H24IN3O. The van der Waals surface area contributed by atoms with Gasteiger partial charge in [0.1, 0.15) is 5.60 Å². The highest BCUT2D eigenvalue weighted by molar-refractivity contribution is 14.0. The number of guanidine groups is 1. The third-order valence-electron chi connectivity index (χ3n) is 3.03. The molecule has 3 N–H and O–H groups in total. The van der Waals surface area contributed by atoms with Crippen molar-refractivity contribution in [3.05, 3.63) is 35.9 Å². The van der Waals surface area contributed by atoms with E-state index in [2.05, 4.69) is 4.99 Å². The van der Waals surface area contributed by atoms with Gasteiger partial charge < -0.3 is 15.7 Å². The molecule has 1 unspecified atom stereocenters. The van der Waals surface area contributed by atoms with Gasteiger partial charge in [0.25, 0.3) is 0 Å². The molecule has 0 aliphatic carbocycles. The van der Waals surface area contributed by atoms with Crippen LogP contribution in [-0.2, 0) is 5.60 Å². The Bertz CT molecular complexity index is 389. The van der Waals surface area contributed by atoms with Gasteiger partial charge in [-0.15, -0.1) is 24.0 Å². The lowest BCUT2D eigenvalue weighted by atomic mass is 9.96. The molecule has 0 radical (unpaired) electrons. The Morgan fingerprint density at radius 2 is 1.79 bits per heavy atom. The largest absolute Gasteiger partial charge is 0.384 e. The number of nitrogens with zero attached hydrogens (tertiary/aromatic N) is 2. The molecule has 0 spiro atoms. The van der Waals surface area contributed by atoms with Crippen molar-refractivity contribution in [2.45, 2.75) is 26.4 Å². The molecule has 0 aromatic heterocycles. The quantitative estimate of drug-likeness (QED) is 0.470. The van der Waals surface area contributed by atoms with E-state index in [1.165, 1.54) is 0 Å². The predicted molar refractivity (Wildman–Crippen MR) is 90.8 cm³/mol. The monoisotopic (exact) mass is 377 g/mol. The third kappa shape index (κ3) is 5.36. The standard InChI is InChI=1S/C14H23N3O.HI/c1-4-17(5-2)13(15)16-11-14(3,18)12-9-7-6-8-10-12;/h6-10,18H,4-5,11H2,1-3H3,(H2,15,16);1H. The van der Waals surface area contributed by atoms with Crippen molar-refractivity contribution in [1.29, 1.82) is 0 Å². The maximum Gasteiger partial charge on any atom is 0.191 e. The summed E-state index contributed by atoms with van der Waals surface area (Å²) in [7, 11) is 0. The summed E-state index contributed by atoms with van der Waals surface area (Å²) >= 11 is 0. The maximum atomic E-state index is 10.4. The Morgan fingerprint density at radius 1 is 1.26 bits per heavy atom. The second-order valence-corrected chi connectivity index (χ2v) is 4.49. The van der Waals surface area contributed by atoms with E-state index < -0.39 is 5.60 Å². The van der Waals surface area contributed by atoms with Crippen LogP contribution in [-0.4, -0.2) is 35.6 Å². The van der Waals surface area contributed by atoms with E-state index in [0.29, 0.717) is 5.96 Å². The minimum atomic E-state index is -0.987. The van der Waals surface area contributed by atoms with Crippen LogP contribution in [0.1, 0.15) is 26.3 Å². The summed E-state index contributed by atoms with van der Waals surface area (Å²) in [6, 6.07) is 9.52. The van der Waals surface area contributed by atoms with Crippen LogP contribution in [0.2, 0.25) is 0 Å². The summed E-state index contributed by atoms with van der Waals surface area (Å²) in [5, 5.41) is 10.4. The van der Waals surface area contributed by atoms with Crippen molar-refractivity contribution >= 4 is 29.9 Å². The Kier molecular flexibility index (Phi) is 8.01. The van der Waals surface area contributed by atoms with E-state index in [4.69, 9.17) is 5.73 Å². The van der Waals surface area contributed by atoms with Gasteiger partial charge in [-0.3, -0.25) is 0 Å². The van der Waals surface area contributed by atoms with Gasteiger partial charge in [0.15, 0.2) is 5.96 Å². The predicted octanol–water partition coefficient (Wildman–Crippen LogP) is 2.17. The van der Waals surface area contributed by atoms with Gasteiger partial charge in [-0.25, -0.2) is 4.99 Å². The zero-order valence-corrected chi connectivity index (χ0v) is 14.2. The molecule has 19 heavy (non-hydrogen) atoms. The van der Waals surface area contributed by atoms with Crippen LogP contribution in [0.25, 0.3) is 0 Å². The molecule has 0 saturated heterocycles. The van der Waals surface area contributed by atoms with Crippen LogP contribution in [0.5, 0.6) is 0 Å². The second kappa shape index (κ2) is 8.37. The van der Waals surface area contributed by atoms with E-state index in [9.17, 15) is 5.11 Å². The lowest BCUT2D eigenvalue weighted by Crippen LogP contribution is -2.38. The van der Waals surface area contributed by atoms with Gasteiger partial charge in [-0.2, -0.15) is 0 Å². The molecule has 0 fully saturated rings.